The number of carbonyl (C=O) groups is 1. The minimum atomic E-state index is -4.50. The average molecular weight is 355 g/mol. The molecular formula is C17H12ClF3NO2+. The number of ketones is 1. The summed E-state index contributed by atoms with van der Waals surface area (Å²) in [6, 6.07) is 8.37. The van der Waals surface area contributed by atoms with Gasteiger partial charge in [0.1, 0.15) is 12.7 Å². The van der Waals surface area contributed by atoms with E-state index in [2.05, 4.69) is 0 Å². The van der Waals surface area contributed by atoms with Gasteiger partial charge in [0.25, 0.3) is 11.5 Å². The summed E-state index contributed by atoms with van der Waals surface area (Å²) in [6.45, 7) is 1.37. The van der Waals surface area contributed by atoms with Gasteiger partial charge < -0.3 is 0 Å². The molecule has 124 valence electrons. The van der Waals surface area contributed by atoms with E-state index in [9.17, 15) is 18.0 Å². The molecule has 0 amide bonds. The van der Waals surface area contributed by atoms with Crippen LogP contribution in [0.15, 0.2) is 36.4 Å². The van der Waals surface area contributed by atoms with Crippen LogP contribution in [0.25, 0.3) is 0 Å². The molecule has 1 aliphatic heterocycles. The third kappa shape index (κ3) is 2.57. The predicted molar refractivity (Wildman–Crippen MR) is 83.0 cm³/mol. The van der Waals surface area contributed by atoms with Crippen molar-refractivity contribution in [3.63, 3.8) is 0 Å². The van der Waals surface area contributed by atoms with Crippen LogP contribution in [0.3, 0.4) is 0 Å². The number of alkyl halides is 3. The van der Waals surface area contributed by atoms with Gasteiger partial charge >= 0.3 is 11.9 Å². The Morgan fingerprint density at radius 2 is 1.83 bits per heavy atom. The first kappa shape index (κ1) is 16.5. The average Bonchev–Trinajstić information content (AvgIpc) is 2.78. The van der Waals surface area contributed by atoms with Crippen LogP contribution in [0.4, 0.5) is 18.9 Å². The molecule has 0 N–H and O–H groups in total. The number of nitrogens with zero attached hydrogens (tertiary/aromatic N) is 1. The number of carbonyl (C=O) groups excluding carboxylic acids is 1. The zero-order valence-electron chi connectivity index (χ0n) is 12.7. The standard InChI is InChI=1S/C17H12ClF3NO2/c1-9-3-4-10(7-13(9)17(19,20)21)15-16(23)12-6-5-11(18)8-14(12)22(15)24-2/h3-8H,1-2H3/q+1. The lowest BCUT2D eigenvalue weighted by Gasteiger charge is -2.10. The number of halogens is 4. The van der Waals surface area contributed by atoms with E-state index in [1.54, 1.807) is 6.07 Å². The summed E-state index contributed by atoms with van der Waals surface area (Å²) >= 11 is 5.94. The molecule has 0 saturated carbocycles. The van der Waals surface area contributed by atoms with Crippen molar-refractivity contribution in [3.8, 4) is 0 Å². The normalized spacial score (nSPS) is 14.2. The lowest BCUT2D eigenvalue weighted by molar-refractivity contribution is -0.717. The van der Waals surface area contributed by atoms with Crippen molar-refractivity contribution in [3.05, 3.63) is 63.7 Å². The Labute approximate surface area is 140 Å². The highest BCUT2D eigenvalue weighted by Gasteiger charge is 2.43. The summed E-state index contributed by atoms with van der Waals surface area (Å²) in [5.41, 5.74) is 0.184. The molecule has 1 aliphatic rings. The zero-order valence-corrected chi connectivity index (χ0v) is 13.5. The van der Waals surface area contributed by atoms with Crippen molar-refractivity contribution >= 4 is 28.8 Å². The van der Waals surface area contributed by atoms with E-state index in [4.69, 9.17) is 16.4 Å². The maximum absolute atomic E-state index is 13.2. The van der Waals surface area contributed by atoms with Crippen LogP contribution < -0.4 is 0 Å². The highest BCUT2D eigenvalue weighted by atomic mass is 35.5. The van der Waals surface area contributed by atoms with Crippen LogP contribution in [-0.2, 0) is 11.0 Å². The van der Waals surface area contributed by atoms with E-state index < -0.39 is 17.5 Å². The summed E-state index contributed by atoms with van der Waals surface area (Å²) in [7, 11) is 1.34. The second-order valence-corrected chi connectivity index (χ2v) is 5.78. The number of fused-ring (bicyclic) bond motifs is 1. The fraction of sp³-hybridized carbons (Fsp3) is 0.176. The lowest BCUT2D eigenvalue weighted by Crippen LogP contribution is -2.20. The Hall–Kier alpha value is -2.34. The summed E-state index contributed by atoms with van der Waals surface area (Å²) < 4.78 is 40.7. The molecule has 0 aliphatic carbocycles. The van der Waals surface area contributed by atoms with Crippen molar-refractivity contribution in [2.75, 3.05) is 7.11 Å². The topological polar surface area (TPSA) is 29.3 Å². The monoisotopic (exact) mass is 354 g/mol. The van der Waals surface area contributed by atoms with Gasteiger partial charge in [0.2, 0.25) is 0 Å². The summed E-state index contributed by atoms with van der Waals surface area (Å²) in [5, 5.41) is 0.393. The molecular weight excluding hydrogens is 343 g/mol. The fourth-order valence-electron chi connectivity index (χ4n) is 2.72. The van der Waals surface area contributed by atoms with Gasteiger partial charge in [-0.25, -0.2) is 0 Å². The molecule has 2 aromatic carbocycles. The molecule has 7 heteroatoms. The van der Waals surface area contributed by atoms with Gasteiger partial charge in [-0.15, -0.1) is 0 Å². The highest BCUT2D eigenvalue weighted by molar-refractivity contribution is 6.52. The quantitative estimate of drug-likeness (QED) is 0.740. The van der Waals surface area contributed by atoms with E-state index >= 15 is 0 Å². The van der Waals surface area contributed by atoms with Crippen LogP contribution in [0.1, 0.15) is 27.0 Å². The Morgan fingerprint density at radius 3 is 2.46 bits per heavy atom. The molecule has 3 rings (SSSR count). The molecule has 0 spiro atoms. The molecule has 0 unspecified atom stereocenters. The molecule has 3 nitrogen and oxygen atoms in total. The molecule has 0 atom stereocenters. The van der Waals surface area contributed by atoms with Gasteiger partial charge in [-0.1, -0.05) is 17.7 Å². The number of Topliss-reactive ketones (excluding diaryl/α,β-unsaturated/α-hetero) is 1. The Balaban J connectivity index is 2.23. The maximum atomic E-state index is 13.2. The van der Waals surface area contributed by atoms with Gasteiger partial charge in [0.15, 0.2) is 0 Å². The van der Waals surface area contributed by atoms with Crippen molar-refractivity contribution in [2.24, 2.45) is 0 Å². The fourth-order valence-corrected chi connectivity index (χ4v) is 2.88. The minimum Gasteiger partial charge on any atom is -0.281 e. The third-order valence-corrected chi connectivity index (χ3v) is 4.08. The maximum Gasteiger partial charge on any atom is 0.416 e. The Kier molecular flexibility index (Phi) is 3.87. The van der Waals surface area contributed by atoms with Crippen molar-refractivity contribution in [2.45, 2.75) is 13.1 Å². The van der Waals surface area contributed by atoms with Crippen LogP contribution in [0, 0.1) is 6.92 Å². The molecule has 0 aromatic heterocycles. The zero-order chi connectivity index (χ0) is 17.6. The van der Waals surface area contributed by atoms with Gasteiger partial charge in [-0.3, -0.25) is 9.63 Å². The van der Waals surface area contributed by atoms with E-state index in [1.807, 2.05) is 0 Å². The first-order chi connectivity index (χ1) is 11.2. The SMILES string of the molecule is CO[N+]1=C(c2ccc(C)c(C(F)(F)F)c2)C(=O)c2ccc(Cl)cc21. The van der Waals surface area contributed by atoms with Crippen LogP contribution in [0.2, 0.25) is 5.02 Å². The predicted octanol–water partition coefficient (Wildman–Crippen LogP) is 4.56. The Bertz CT molecular complexity index is 888. The second-order valence-electron chi connectivity index (χ2n) is 5.34. The Morgan fingerprint density at radius 1 is 1.12 bits per heavy atom. The first-order valence-corrected chi connectivity index (χ1v) is 7.35. The van der Waals surface area contributed by atoms with E-state index in [-0.39, 0.29) is 16.8 Å². The largest absolute Gasteiger partial charge is 0.416 e. The number of hydrogen-bond donors (Lipinski definition) is 0. The minimum absolute atomic E-state index is 0.0280. The van der Waals surface area contributed by atoms with Gasteiger partial charge in [0, 0.05) is 15.8 Å². The lowest BCUT2D eigenvalue weighted by atomic mass is 9.98. The van der Waals surface area contributed by atoms with E-state index in [1.165, 1.54) is 43.0 Å². The summed E-state index contributed by atoms with van der Waals surface area (Å²) in [4.78, 5) is 17.9. The number of rotatable bonds is 2. The second kappa shape index (κ2) is 5.63. The third-order valence-electron chi connectivity index (χ3n) is 3.84. The number of hydrogen-bond acceptors (Lipinski definition) is 2. The number of benzene rings is 2. The summed E-state index contributed by atoms with van der Waals surface area (Å²) in [5.74, 6) is -0.416. The van der Waals surface area contributed by atoms with Crippen molar-refractivity contribution < 1.29 is 27.5 Å². The molecule has 0 fully saturated rings. The number of aryl methyl sites for hydroxylation is 1. The molecule has 0 radical (unpaired) electrons. The first-order valence-electron chi connectivity index (χ1n) is 6.97. The van der Waals surface area contributed by atoms with Crippen LogP contribution >= 0.6 is 11.6 Å². The molecule has 2 aromatic rings. The van der Waals surface area contributed by atoms with Crippen molar-refractivity contribution in [1.29, 1.82) is 0 Å². The summed E-state index contributed by atoms with van der Waals surface area (Å²) in [6.07, 6.45) is -4.50. The van der Waals surface area contributed by atoms with Crippen molar-refractivity contribution in [1.82, 2.24) is 0 Å². The molecule has 0 bridgehead atoms. The van der Waals surface area contributed by atoms with Crippen LogP contribution in [0.5, 0.6) is 0 Å². The molecule has 0 saturated heterocycles. The highest BCUT2D eigenvalue weighted by Crippen LogP contribution is 2.35. The smallest absolute Gasteiger partial charge is 0.281 e. The van der Waals surface area contributed by atoms with Crippen LogP contribution in [-0.4, -0.2) is 23.3 Å². The van der Waals surface area contributed by atoms with E-state index in [0.29, 0.717) is 16.3 Å². The molecule has 1 heterocycles. The van der Waals surface area contributed by atoms with Gasteiger partial charge in [-0.05, 0) is 36.8 Å². The van der Waals surface area contributed by atoms with Gasteiger partial charge in [0.05, 0.1) is 11.1 Å². The molecule has 24 heavy (non-hydrogen) atoms. The van der Waals surface area contributed by atoms with E-state index in [0.717, 1.165) is 6.07 Å². The van der Waals surface area contributed by atoms with Gasteiger partial charge in [-0.2, -0.15) is 13.2 Å².